The van der Waals surface area contributed by atoms with Crippen LogP contribution in [-0.4, -0.2) is 0 Å². The normalized spacial score (nSPS) is 11.2. The SMILES string of the molecule is Cc1[c-]ccc2c1Cc1ccccc1-2.Cc1[c-]ccc2c1Cc1ccccc1-2.[F-].[F-].[Zr+4]. The number of aryl methyl sites for hydroxylation is 2. The van der Waals surface area contributed by atoms with Crippen LogP contribution >= 0.6 is 0 Å². The summed E-state index contributed by atoms with van der Waals surface area (Å²) in [7, 11) is 0. The van der Waals surface area contributed by atoms with E-state index in [1.165, 1.54) is 55.6 Å². The number of hydrogen-bond acceptors (Lipinski definition) is 0. The van der Waals surface area contributed by atoms with Crippen molar-refractivity contribution in [3.05, 3.63) is 118 Å². The van der Waals surface area contributed by atoms with Crippen LogP contribution in [0.1, 0.15) is 33.4 Å². The fourth-order valence-corrected chi connectivity index (χ4v) is 4.50. The first-order valence-corrected chi connectivity index (χ1v) is 9.89. The molecule has 0 bridgehead atoms. The zero-order chi connectivity index (χ0) is 19.1. The molecule has 0 nitrogen and oxygen atoms in total. The molecule has 4 aromatic rings. The van der Waals surface area contributed by atoms with Gasteiger partial charge in [0.05, 0.1) is 0 Å². The maximum absolute atomic E-state index is 3.27. The molecule has 3 heteroatoms. The maximum Gasteiger partial charge on any atom is 4.00 e. The molecule has 0 atom stereocenters. The molecule has 0 fully saturated rings. The fourth-order valence-electron chi connectivity index (χ4n) is 4.50. The van der Waals surface area contributed by atoms with Gasteiger partial charge in [-0.3, -0.25) is 0 Å². The van der Waals surface area contributed by atoms with E-state index in [2.05, 4.69) is 86.6 Å². The van der Waals surface area contributed by atoms with Crippen LogP contribution < -0.4 is 9.41 Å². The minimum absolute atomic E-state index is 0. The van der Waals surface area contributed by atoms with E-state index >= 15 is 0 Å². The van der Waals surface area contributed by atoms with Crippen molar-refractivity contribution >= 4 is 0 Å². The topological polar surface area (TPSA) is 0 Å². The van der Waals surface area contributed by atoms with E-state index in [-0.39, 0.29) is 35.6 Å². The minimum Gasteiger partial charge on any atom is -1.00 e. The molecule has 2 aliphatic rings. The van der Waals surface area contributed by atoms with Gasteiger partial charge in [-0.25, -0.2) is 0 Å². The molecule has 0 heterocycles. The Morgan fingerprint density at radius 1 is 0.548 bits per heavy atom. The third-order valence-corrected chi connectivity index (χ3v) is 6.00. The summed E-state index contributed by atoms with van der Waals surface area (Å²) in [6.07, 6.45) is 2.16. The van der Waals surface area contributed by atoms with Crippen molar-refractivity contribution in [1.82, 2.24) is 0 Å². The summed E-state index contributed by atoms with van der Waals surface area (Å²) >= 11 is 0. The molecule has 4 aromatic carbocycles. The van der Waals surface area contributed by atoms with Crippen LogP contribution in [0.4, 0.5) is 0 Å². The summed E-state index contributed by atoms with van der Waals surface area (Å²) in [4.78, 5) is 0. The number of fused-ring (bicyclic) bond motifs is 6. The van der Waals surface area contributed by atoms with Crippen LogP contribution in [-0.2, 0) is 39.0 Å². The van der Waals surface area contributed by atoms with Crippen LogP contribution in [0.3, 0.4) is 0 Å². The molecular weight excluding hydrogens is 466 g/mol. The Kier molecular flexibility index (Phi) is 8.26. The second-order valence-electron chi connectivity index (χ2n) is 7.66. The van der Waals surface area contributed by atoms with Crippen molar-refractivity contribution < 1.29 is 35.6 Å². The zero-order valence-electron chi connectivity index (χ0n) is 17.6. The molecule has 0 radical (unpaired) electrons. The fraction of sp³-hybridized carbons (Fsp3) is 0.143. The summed E-state index contributed by atoms with van der Waals surface area (Å²) in [5.74, 6) is 0. The second-order valence-corrected chi connectivity index (χ2v) is 7.66. The van der Waals surface area contributed by atoms with Crippen molar-refractivity contribution in [1.29, 1.82) is 0 Å². The summed E-state index contributed by atoms with van der Waals surface area (Å²) in [6.45, 7) is 4.29. The molecule has 0 spiro atoms. The standard InChI is InChI=1S/2C14H11.2FH.Zr/c2*1-10-5-4-8-13-12-7-3-2-6-11(12)9-14(10)13;;;/h2*2-4,6-8H,9H2,1H3;2*1H;/q2*-1;;;+4/p-2. The van der Waals surface area contributed by atoms with Gasteiger partial charge in [-0.15, -0.1) is 22.3 Å². The van der Waals surface area contributed by atoms with E-state index in [0.29, 0.717) is 0 Å². The first-order valence-electron chi connectivity index (χ1n) is 9.89. The molecular formula is C28H22F2Zr. The van der Waals surface area contributed by atoms with E-state index in [0.717, 1.165) is 12.8 Å². The predicted octanol–water partition coefficient (Wildman–Crippen LogP) is 0.738. The first-order chi connectivity index (χ1) is 13.7. The third-order valence-electron chi connectivity index (χ3n) is 6.00. The van der Waals surface area contributed by atoms with E-state index in [1.807, 2.05) is 12.1 Å². The van der Waals surface area contributed by atoms with Gasteiger partial charge in [0.15, 0.2) is 0 Å². The largest absolute Gasteiger partial charge is 4.00 e. The van der Waals surface area contributed by atoms with Gasteiger partial charge in [-0.2, -0.15) is 47.5 Å². The quantitative estimate of drug-likeness (QED) is 0.277. The molecule has 0 aliphatic heterocycles. The Labute approximate surface area is 202 Å². The summed E-state index contributed by atoms with van der Waals surface area (Å²) in [5.41, 5.74) is 14.0. The Hall–Kier alpha value is -2.38. The van der Waals surface area contributed by atoms with Gasteiger partial charge in [0.25, 0.3) is 0 Å². The monoisotopic (exact) mass is 486 g/mol. The van der Waals surface area contributed by atoms with Crippen molar-refractivity contribution in [3.8, 4) is 22.3 Å². The second kappa shape index (κ2) is 10.3. The van der Waals surface area contributed by atoms with Gasteiger partial charge >= 0.3 is 26.2 Å². The van der Waals surface area contributed by atoms with Crippen LogP contribution in [0, 0.1) is 26.0 Å². The summed E-state index contributed by atoms with van der Waals surface area (Å²) in [5, 5.41) is 0. The van der Waals surface area contributed by atoms with E-state index in [9.17, 15) is 0 Å². The molecule has 0 aromatic heterocycles. The molecule has 152 valence electrons. The number of benzene rings is 4. The Bertz CT molecular complexity index is 1100. The van der Waals surface area contributed by atoms with E-state index < -0.39 is 0 Å². The molecule has 0 saturated carbocycles. The van der Waals surface area contributed by atoms with Crippen LogP contribution in [0.15, 0.2) is 72.8 Å². The third kappa shape index (κ3) is 4.48. The Balaban J connectivity index is 0.000000201. The minimum atomic E-state index is 0. The van der Waals surface area contributed by atoms with Crippen LogP contribution in [0.5, 0.6) is 0 Å². The summed E-state index contributed by atoms with van der Waals surface area (Å²) in [6, 6.07) is 32.2. The van der Waals surface area contributed by atoms with Gasteiger partial charge in [0.2, 0.25) is 0 Å². The van der Waals surface area contributed by atoms with E-state index in [1.54, 1.807) is 0 Å². The molecule has 31 heavy (non-hydrogen) atoms. The zero-order valence-corrected chi connectivity index (χ0v) is 20.1. The summed E-state index contributed by atoms with van der Waals surface area (Å²) < 4.78 is 0. The Morgan fingerprint density at radius 2 is 0.935 bits per heavy atom. The average molecular weight is 488 g/mol. The molecule has 2 aliphatic carbocycles. The maximum atomic E-state index is 3.27. The molecule has 0 amide bonds. The molecule has 0 unspecified atom stereocenters. The predicted molar refractivity (Wildman–Crippen MR) is 117 cm³/mol. The molecule has 0 N–H and O–H groups in total. The van der Waals surface area contributed by atoms with Crippen molar-refractivity contribution in [3.63, 3.8) is 0 Å². The number of halogens is 2. The first kappa shape index (κ1) is 24.9. The van der Waals surface area contributed by atoms with Crippen molar-refractivity contribution in [2.24, 2.45) is 0 Å². The van der Waals surface area contributed by atoms with Gasteiger partial charge in [-0.05, 0) is 35.1 Å². The molecule has 0 saturated heterocycles. The van der Waals surface area contributed by atoms with Crippen LogP contribution in [0.2, 0.25) is 0 Å². The average Bonchev–Trinajstić information content (AvgIpc) is 3.29. The van der Waals surface area contributed by atoms with Gasteiger partial charge in [0, 0.05) is 0 Å². The van der Waals surface area contributed by atoms with Crippen LogP contribution in [0.25, 0.3) is 22.3 Å². The van der Waals surface area contributed by atoms with E-state index in [4.69, 9.17) is 0 Å². The smallest absolute Gasteiger partial charge is 1.00 e. The van der Waals surface area contributed by atoms with Gasteiger partial charge in [0.1, 0.15) is 0 Å². The molecule has 6 rings (SSSR count). The number of hydrogen-bond donors (Lipinski definition) is 0. The van der Waals surface area contributed by atoms with Crippen molar-refractivity contribution in [2.45, 2.75) is 26.7 Å². The number of rotatable bonds is 0. The Morgan fingerprint density at radius 3 is 1.35 bits per heavy atom. The van der Waals surface area contributed by atoms with Gasteiger partial charge < -0.3 is 9.41 Å². The van der Waals surface area contributed by atoms with Crippen molar-refractivity contribution in [2.75, 3.05) is 0 Å². The van der Waals surface area contributed by atoms with Gasteiger partial charge in [-0.1, -0.05) is 62.4 Å².